The predicted octanol–water partition coefficient (Wildman–Crippen LogP) is 10.6. The summed E-state index contributed by atoms with van der Waals surface area (Å²) in [7, 11) is 0. The number of hydrogen-bond donors (Lipinski definition) is 0. The summed E-state index contributed by atoms with van der Waals surface area (Å²) in [4.78, 5) is 8.50. The van der Waals surface area contributed by atoms with Gasteiger partial charge in [0.15, 0.2) is 17.4 Å². The van der Waals surface area contributed by atoms with Crippen LogP contribution in [0, 0.1) is 29.1 Å². The molecule has 0 bridgehead atoms. The Morgan fingerprint density at radius 1 is 0.667 bits per heavy atom. The molecule has 0 radical (unpaired) electrons. The fourth-order valence-electron chi connectivity index (χ4n) is 4.96. The Bertz CT molecular complexity index is 1890. The maximum absolute atomic E-state index is 15.1. The van der Waals surface area contributed by atoms with Gasteiger partial charge in [0.1, 0.15) is 34.6 Å². The van der Waals surface area contributed by atoms with E-state index in [0.717, 1.165) is 61.6 Å². The van der Waals surface area contributed by atoms with Crippen molar-refractivity contribution in [3.8, 4) is 45.1 Å². The highest BCUT2D eigenvalue weighted by molar-refractivity contribution is 5.69. The van der Waals surface area contributed by atoms with Crippen LogP contribution in [-0.4, -0.2) is 16.6 Å². The van der Waals surface area contributed by atoms with E-state index >= 15 is 22.0 Å². The molecule has 0 saturated heterocycles. The van der Waals surface area contributed by atoms with Gasteiger partial charge in [0, 0.05) is 35.2 Å². The first-order valence-corrected chi connectivity index (χ1v) is 14.6. The van der Waals surface area contributed by atoms with Gasteiger partial charge in [0.25, 0.3) is 0 Å². The van der Waals surface area contributed by atoms with Gasteiger partial charge in [-0.3, -0.25) is 0 Å². The number of hydrogen-bond acceptors (Lipinski definition) is 4. The second-order valence-corrected chi connectivity index (χ2v) is 10.7. The second kappa shape index (κ2) is 14.4. The highest BCUT2D eigenvalue weighted by Gasteiger charge is 2.41. The van der Waals surface area contributed by atoms with Crippen molar-refractivity contribution in [3.05, 3.63) is 119 Å². The Hall–Kier alpha value is -5.07. The third-order valence-electron chi connectivity index (χ3n) is 7.29. The normalized spacial score (nSPS) is 11.6. The van der Waals surface area contributed by atoms with Crippen LogP contribution in [0.5, 0.6) is 11.5 Å². The lowest BCUT2D eigenvalue weighted by Gasteiger charge is -2.20. The van der Waals surface area contributed by atoms with Crippen molar-refractivity contribution < 1.29 is 49.0 Å². The fourth-order valence-corrected chi connectivity index (χ4v) is 4.96. The monoisotopic (exact) mass is 676 g/mol. The van der Waals surface area contributed by atoms with Crippen LogP contribution < -0.4 is 9.47 Å². The number of halogens is 9. The topological polar surface area (TPSA) is 44.2 Å². The summed E-state index contributed by atoms with van der Waals surface area (Å²) >= 11 is 0. The third-order valence-corrected chi connectivity index (χ3v) is 7.29. The molecule has 0 N–H and O–H groups in total. The van der Waals surface area contributed by atoms with Crippen LogP contribution in [0.1, 0.15) is 37.3 Å². The minimum absolute atomic E-state index is 0.152. The van der Waals surface area contributed by atoms with Crippen LogP contribution in [0.3, 0.4) is 0 Å². The zero-order chi connectivity index (χ0) is 34.6. The van der Waals surface area contributed by atoms with Crippen LogP contribution >= 0.6 is 0 Å². The van der Waals surface area contributed by atoms with Crippen LogP contribution in [0.4, 0.5) is 39.5 Å². The number of unbranched alkanes of at least 4 members (excludes halogenated alkanes) is 2. The smallest absolute Gasteiger partial charge is 0.432 e. The second-order valence-electron chi connectivity index (χ2n) is 10.7. The van der Waals surface area contributed by atoms with E-state index in [1.807, 2.05) is 0 Å². The third kappa shape index (κ3) is 7.72. The van der Waals surface area contributed by atoms with Gasteiger partial charge in [0.05, 0.1) is 0 Å². The van der Waals surface area contributed by atoms with Crippen molar-refractivity contribution >= 4 is 0 Å². The molecule has 0 atom stereocenters. The van der Waals surface area contributed by atoms with Crippen molar-refractivity contribution in [3.63, 3.8) is 0 Å². The lowest BCUT2D eigenvalue weighted by atomic mass is 10.00. The van der Waals surface area contributed by atoms with Gasteiger partial charge >= 0.3 is 12.7 Å². The molecule has 0 fully saturated rings. The number of alkyl halides is 4. The molecular weight excluding hydrogens is 651 g/mol. The molecule has 250 valence electrons. The van der Waals surface area contributed by atoms with Gasteiger partial charge in [-0.2, -0.15) is 17.6 Å². The Morgan fingerprint density at radius 2 is 1.25 bits per heavy atom. The standard InChI is InChI=1S/C35H25F9N2O2/c1-2-3-4-5-19-17-45-33(46-18-19)21-6-9-25(26(36)13-21)22-14-29(39)32(30(40)15-22)35(43,44)48-23-8-10-24(27(37)16-23)20-7-11-31(28(38)12-20)47-34(41)42/h6-18,34H,2-5H2,1H3. The van der Waals surface area contributed by atoms with Crippen LogP contribution in [0.25, 0.3) is 33.6 Å². The number of aryl methyl sites for hydroxylation is 1. The summed E-state index contributed by atoms with van der Waals surface area (Å²) in [6.07, 6.45) is 2.49. The molecule has 4 nitrogen and oxygen atoms in total. The summed E-state index contributed by atoms with van der Waals surface area (Å²) in [5.41, 5.74) is -1.75. The zero-order valence-electron chi connectivity index (χ0n) is 25.0. The van der Waals surface area contributed by atoms with Gasteiger partial charge in [-0.05, 0) is 72.0 Å². The van der Waals surface area contributed by atoms with E-state index in [2.05, 4.69) is 26.4 Å². The highest BCUT2D eigenvalue weighted by Crippen LogP contribution is 2.39. The summed E-state index contributed by atoms with van der Waals surface area (Å²) in [5, 5.41) is 0. The Balaban J connectivity index is 1.34. The summed E-state index contributed by atoms with van der Waals surface area (Å²) in [6, 6.07) is 9.49. The lowest BCUT2D eigenvalue weighted by molar-refractivity contribution is -0.189. The van der Waals surface area contributed by atoms with E-state index in [1.165, 1.54) is 12.1 Å². The maximum atomic E-state index is 15.1. The van der Waals surface area contributed by atoms with Gasteiger partial charge < -0.3 is 9.47 Å². The first-order valence-electron chi connectivity index (χ1n) is 14.6. The Labute approximate surface area is 268 Å². The van der Waals surface area contributed by atoms with Crippen molar-refractivity contribution in [2.75, 3.05) is 0 Å². The van der Waals surface area contributed by atoms with Crippen molar-refractivity contribution in [1.29, 1.82) is 0 Å². The van der Waals surface area contributed by atoms with Crippen molar-refractivity contribution in [1.82, 2.24) is 9.97 Å². The van der Waals surface area contributed by atoms with Crippen LogP contribution in [0.15, 0.2) is 79.1 Å². The molecule has 1 heterocycles. The van der Waals surface area contributed by atoms with E-state index in [9.17, 15) is 17.6 Å². The molecule has 1 aromatic heterocycles. The molecule has 5 rings (SSSR count). The minimum atomic E-state index is -4.66. The van der Waals surface area contributed by atoms with E-state index in [1.54, 1.807) is 12.4 Å². The van der Waals surface area contributed by atoms with Crippen molar-refractivity contribution in [2.45, 2.75) is 45.3 Å². The minimum Gasteiger partial charge on any atom is -0.432 e. The van der Waals surface area contributed by atoms with Gasteiger partial charge in [0.2, 0.25) is 0 Å². The summed E-state index contributed by atoms with van der Waals surface area (Å²) in [6.45, 7) is -1.22. The highest BCUT2D eigenvalue weighted by atomic mass is 19.3. The summed E-state index contributed by atoms with van der Waals surface area (Å²) < 4.78 is 137. The average Bonchev–Trinajstić information content (AvgIpc) is 3.01. The molecule has 4 aromatic carbocycles. The number of ether oxygens (including phenoxy) is 2. The first kappa shape index (κ1) is 34.3. The van der Waals surface area contributed by atoms with E-state index < -0.39 is 58.9 Å². The molecule has 0 aliphatic heterocycles. The van der Waals surface area contributed by atoms with E-state index in [4.69, 9.17) is 0 Å². The molecule has 0 spiro atoms. The fraction of sp³-hybridized carbons (Fsp3) is 0.200. The predicted molar refractivity (Wildman–Crippen MR) is 159 cm³/mol. The molecule has 0 aliphatic carbocycles. The molecule has 0 unspecified atom stereocenters. The van der Waals surface area contributed by atoms with Gasteiger partial charge in [-0.15, -0.1) is 0 Å². The maximum Gasteiger partial charge on any atom is 0.432 e. The number of benzene rings is 4. The van der Waals surface area contributed by atoms with E-state index in [0.29, 0.717) is 24.3 Å². The van der Waals surface area contributed by atoms with Gasteiger partial charge in [-0.25, -0.2) is 31.9 Å². The van der Waals surface area contributed by atoms with Crippen LogP contribution in [0.2, 0.25) is 0 Å². The zero-order valence-corrected chi connectivity index (χ0v) is 25.0. The quantitative estimate of drug-likeness (QED) is 0.0975. The average molecular weight is 677 g/mol. The molecule has 0 saturated carbocycles. The number of aromatic nitrogens is 2. The van der Waals surface area contributed by atoms with Crippen molar-refractivity contribution in [2.24, 2.45) is 0 Å². The molecule has 0 amide bonds. The summed E-state index contributed by atoms with van der Waals surface area (Å²) in [5.74, 6) is -8.30. The van der Waals surface area contributed by atoms with Gasteiger partial charge in [-0.1, -0.05) is 38.0 Å². The first-order chi connectivity index (χ1) is 22.9. The Morgan fingerprint density at radius 3 is 1.85 bits per heavy atom. The molecule has 13 heteroatoms. The number of nitrogens with zero attached hydrogens (tertiary/aromatic N) is 2. The molecule has 0 aliphatic rings. The lowest BCUT2D eigenvalue weighted by Crippen LogP contribution is -2.25. The van der Waals surface area contributed by atoms with E-state index in [-0.39, 0.29) is 33.6 Å². The Kier molecular flexibility index (Phi) is 10.3. The molecular formula is C35H25F9N2O2. The molecule has 48 heavy (non-hydrogen) atoms. The SMILES string of the molecule is CCCCCc1cnc(-c2ccc(-c3cc(F)c(C(F)(F)Oc4ccc(-c5ccc(OC(F)F)c(F)c5)c(F)c4)c(F)c3)c(F)c2)nc1. The molecule has 5 aromatic rings. The largest absolute Gasteiger partial charge is 0.432 e. The van der Waals surface area contributed by atoms with Crippen LogP contribution in [-0.2, 0) is 12.5 Å². The number of rotatable bonds is 12.